The van der Waals surface area contributed by atoms with Crippen LogP contribution >= 0.6 is 11.6 Å². The van der Waals surface area contributed by atoms with Crippen LogP contribution in [-0.4, -0.2) is 43.2 Å². The van der Waals surface area contributed by atoms with E-state index in [0.717, 1.165) is 16.2 Å². The summed E-state index contributed by atoms with van der Waals surface area (Å²) in [5.41, 5.74) is 2.20. The minimum Gasteiger partial charge on any atom is -0.378 e. The van der Waals surface area contributed by atoms with E-state index in [1.807, 2.05) is 57.4 Å². The molecule has 136 valence electrons. The molecular weight excluding hydrogens is 358 g/mol. The minimum absolute atomic E-state index is 0.0123. The zero-order valence-corrected chi connectivity index (χ0v) is 16.5. The van der Waals surface area contributed by atoms with E-state index in [1.54, 1.807) is 12.1 Å². The highest BCUT2D eigenvalue weighted by molar-refractivity contribution is 7.89. The fourth-order valence-electron chi connectivity index (χ4n) is 2.55. The summed E-state index contributed by atoms with van der Waals surface area (Å²) in [5.74, 6) is 0. The maximum absolute atomic E-state index is 12.5. The van der Waals surface area contributed by atoms with Crippen molar-refractivity contribution >= 4 is 27.3 Å². The number of benzene rings is 2. The van der Waals surface area contributed by atoms with Crippen molar-refractivity contribution in [2.24, 2.45) is 0 Å². The first-order chi connectivity index (χ1) is 11.7. The standard InChI is InChI=1S/C18H24ClN3O2S/c1-21(2)16-9-5-14(6-10-16)18(22(3)4)13-20-25(23,24)17-11-7-15(19)8-12-17/h5-12,18,20H,13H2,1-4H3/p+1/t18-/m1/s1. The van der Waals surface area contributed by atoms with Crippen molar-refractivity contribution in [3.63, 3.8) is 0 Å². The van der Waals surface area contributed by atoms with Gasteiger partial charge in [0.25, 0.3) is 0 Å². The first-order valence-electron chi connectivity index (χ1n) is 8.03. The molecule has 0 bridgehead atoms. The van der Waals surface area contributed by atoms with Crippen LogP contribution in [0.1, 0.15) is 11.6 Å². The van der Waals surface area contributed by atoms with Crippen molar-refractivity contribution in [3.8, 4) is 0 Å². The largest absolute Gasteiger partial charge is 0.378 e. The molecule has 0 unspecified atom stereocenters. The molecule has 0 radical (unpaired) electrons. The molecule has 0 spiro atoms. The van der Waals surface area contributed by atoms with Gasteiger partial charge in [0.15, 0.2) is 0 Å². The maximum atomic E-state index is 12.5. The zero-order valence-electron chi connectivity index (χ0n) is 15.0. The molecule has 0 aliphatic rings. The number of sulfonamides is 1. The van der Waals surface area contributed by atoms with Crippen LogP contribution in [0.2, 0.25) is 5.02 Å². The number of likely N-dealkylation sites (N-methyl/N-ethyl adjacent to an activating group) is 1. The normalized spacial score (nSPS) is 13.0. The van der Waals surface area contributed by atoms with E-state index in [-0.39, 0.29) is 10.9 Å². The highest BCUT2D eigenvalue weighted by Gasteiger charge is 2.22. The average molecular weight is 383 g/mol. The van der Waals surface area contributed by atoms with Gasteiger partial charge in [-0.2, -0.15) is 0 Å². The third-order valence-corrected chi connectivity index (χ3v) is 5.80. The van der Waals surface area contributed by atoms with Crippen molar-refractivity contribution in [2.45, 2.75) is 10.9 Å². The highest BCUT2D eigenvalue weighted by Crippen LogP contribution is 2.17. The molecule has 7 heteroatoms. The van der Waals surface area contributed by atoms with Crippen molar-refractivity contribution < 1.29 is 13.3 Å². The molecule has 25 heavy (non-hydrogen) atoms. The third-order valence-electron chi connectivity index (χ3n) is 4.11. The Bertz CT molecular complexity index is 788. The second-order valence-electron chi connectivity index (χ2n) is 6.42. The van der Waals surface area contributed by atoms with Crippen molar-refractivity contribution in [1.29, 1.82) is 0 Å². The summed E-state index contributed by atoms with van der Waals surface area (Å²) < 4.78 is 27.7. The maximum Gasteiger partial charge on any atom is 0.240 e. The van der Waals surface area contributed by atoms with Gasteiger partial charge in [-0.1, -0.05) is 23.7 Å². The number of rotatable bonds is 7. The Hall–Kier alpha value is -1.60. The quantitative estimate of drug-likeness (QED) is 0.764. The molecule has 0 amide bonds. The Balaban J connectivity index is 2.15. The van der Waals surface area contributed by atoms with Crippen LogP contribution in [0, 0.1) is 0 Å². The van der Waals surface area contributed by atoms with Crippen LogP contribution in [0.15, 0.2) is 53.4 Å². The molecule has 2 aromatic rings. The van der Waals surface area contributed by atoms with Gasteiger partial charge in [0, 0.05) is 30.4 Å². The molecule has 0 fully saturated rings. The lowest BCUT2D eigenvalue weighted by Gasteiger charge is -2.23. The molecule has 0 aromatic heterocycles. The van der Waals surface area contributed by atoms with E-state index in [9.17, 15) is 8.42 Å². The molecule has 0 aliphatic heterocycles. The van der Waals surface area contributed by atoms with Gasteiger partial charge in [-0.3, -0.25) is 0 Å². The summed E-state index contributed by atoms with van der Waals surface area (Å²) in [5, 5.41) is 0.510. The molecule has 2 rings (SSSR count). The van der Waals surface area contributed by atoms with Gasteiger partial charge in [0.05, 0.1) is 25.5 Å². The molecule has 0 aliphatic carbocycles. The van der Waals surface area contributed by atoms with Crippen LogP contribution in [0.5, 0.6) is 0 Å². The number of halogens is 1. The molecular formula is C18H25ClN3O2S+. The Kier molecular flexibility index (Phi) is 6.46. The predicted octanol–water partition coefficient (Wildman–Crippen LogP) is 1.57. The smallest absolute Gasteiger partial charge is 0.240 e. The van der Waals surface area contributed by atoms with Gasteiger partial charge < -0.3 is 9.80 Å². The fourth-order valence-corrected chi connectivity index (χ4v) is 3.72. The van der Waals surface area contributed by atoms with Crippen LogP contribution in [0.25, 0.3) is 0 Å². The van der Waals surface area contributed by atoms with Gasteiger partial charge in [-0.25, -0.2) is 13.1 Å². The SMILES string of the molecule is CN(C)c1ccc([C@@H](CNS(=O)(=O)c2ccc(Cl)cc2)[NH+](C)C)cc1. The Morgan fingerprint density at radius 2 is 1.60 bits per heavy atom. The summed E-state index contributed by atoms with van der Waals surface area (Å²) in [6.07, 6.45) is 0. The van der Waals surface area contributed by atoms with Crippen molar-refractivity contribution in [1.82, 2.24) is 4.72 Å². The van der Waals surface area contributed by atoms with E-state index < -0.39 is 10.0 Å². The van der Waals surface area contributed by atoms with Gasteiger partial charge in [0.2, 0.25) is 10.0 Å². The summed E-state index contributed by atoms with van der Waals surface area (Å²) in [6, 6.07) is 14.3. The number of quaternary nitrogens is 1. The number of hydrogen-bond donors (Lipinski definition) is 2. The van der Waals surface area contributed by atoms with Crippen molar-refractivity contribution in [2.75, 3.05) is 39.6 Å². The average Bonchev–Trinajstić information content (AvgIpc) is 2.55. The molecule has 1 atom stereocenters. The van der Waals surface area contributed by atoms with E-state index in [2.05, 4.69) is 4.72 Å². The third kappa shape index (κ3) is 5.19. The highest BCUT2D eigenvalue weighted by atomic mass is 35.5. The molecule has 0 saturated carbocycles. The van der Waals surface area contributed by atoms with Gasteiger partial charge in [-0.15, -0.1) is 0 Å². The predicted molar refractivity (Wildman–Crippen MR) is 103 cm³/mol. The summed E-state index contributed by atoms with van der Waals surface area (Å²) in [6.45, 7) is 0.314. The first kappa shape index (κ1) is 19.7. The lowest BCUT2D eigenvalue weighted by atomic mass is 10.1. The summed E-state index contributed by atoms with van der Waals surface area (Å²) >= 11 is 5.82. The fraction of sp³-hybridized carbons (Fsp3) is 0.333. The molecule has 0 saturated heterocycles. The van der Waals surface area contributed by atoms with Gasteiger partial charge >= 0.3 is 0 Å². The molecule has 0 heterocycles. The van der Waals surface area contributed by atoms with Crippen LogP contribution in [-0.2, 0) is 10.0 Å². The number of nitrogens with one attached hydrogen (secondary N) is 2. The number of nitrogens with zero attached hydrogens (tertiary/aromatic N) is 1. The number of hydrogen-bond acceptors (Lipinski definition) is 3. The second-order valence-corrected chi connectivity index (χ2v) is 8.63. The molecule has 5 nitrogen and oxygen atoms in total. The zero-order chi connectivity index (χ0) is 18.6. The molecule has 2 aromatic carbocycles. The lowest BCUT2D eigenvalue weighted by Crippen LogP contribution is -3.07. The minimum atomic E-state index is -3.57. The van der Waals surface area contributed by atoms with E-state index in [1.165, 1.54) is 12.1 Å². The first-order valence-corrected chi connectivity index (χ1v) is 9.89. The van der Waals surface area contributed by atoms with Gasteiger partial charge in [-0.05, 0) is 36.4 Å². The van der Waals surface area contributed by atoms with E-state index in [0.29, 0.717) is 11.6 Å². The van der Waals surface area contributed by atoms with Gasteiger partial charge in [0.1, 0.15) is 6.04 Å². The number of anilines is 1. The molecule has 2 N–H and O–H groups in total. The Labute approximate surface area is 155 Å². The topological polar surface area (TPSA) is 53.9 Å². The monoisotopic (exact) mass is 382 g/mol. The van der Waals surface area contributed by atoms with Crippen LogP contribution < -0.4 is 14.5 Å². The van der Waals surface area contributed by atoms with E-state index in [4.69, 9.17) is 11.6 Å². The van der Waals surface area contributed by atoms with Crippen LogP contribution in [0.3, 0.4) is 0 Å². The Morgan fingerprint density at radius 3 is 2.08 bits per heavy atom. The second kappa shape index (κ2) is 8.19. The van der Waals surface area contributed by atoms with Crippen LogP contribution in [0.4, 0.5) is 5.69 Å². The lowest BCUT2D eigenvalue weighted by molar-refractivity contribution is -0.890. The van der Waals surface area contributed by atoms with Crippen molar-refractivity contribution in [3.05, 3.63) is 59.1 Å². The van der Waals surface area contributed by atoms with E-state index >= 15 is 0 Å². The summed E-state index contributed by atoms with van der Waals surface area (Å²) in [4.78, 5) is 3.40. The summed E-state index contributed by atoms with van der Waals surface area (Å²) in [7, 11) is 4.44. The Morgan fingerprint density at radius 1 is 1.04 bits per heavy atom.